The van der Waals surface area contributed by atoms with Gasteiger partial charge in [-0.25, -0.2) is 4.39 Å². The zero-order valence-corrected chi connectivity index (χ0v) is 10.1. The smallest absolute Gasteiger partial charge is 0.326 e. The molecule has 0 aliphatic rings. The minimum atomic E-state index is -4.88. The molecule has 0 fully saturated rings. The maximum atomic E-state index is 13.1. The predicted molar refractivity (Wildman–Crippen MR) is 58.6 cm³/mol. The molecule has 1 amide bonds. The third-order valence-corrected chi connectivity index (χ3v) is 2.61. The van der Waals surface area contributed by atoms with E-state index in [1.165, 1.54) is 14.0 Å². The average molecular weight is 274 g/mol. The average Bonchev–Trinajstić information content (AvgIpc) is 2.35. The molecule has 1 rings (SSSR count). The summed E-state index contributed by atoms with van der Waals surface area (Å²) in [6.45, 7) is 1.42. The molecule has 19 heavy (non-hydrogen) atoms. The molecule has 1 atom stereocenters. The van der Waals surface area contributed by atoms with Crippen LogP contribution in [0.2, 0.25) is 0 Å². The molecule has 1 unspecified atom stereocenters. The first kappa shape index (κ1) is 15.0. The predicted octanol–water partition coefficient (Wildman–Crippen LogP) is 2.83. The molecule has 7 heteroatoms. The number of rotatable bonds is 2. The van der Waals surface area contributed by atoms with Crippen molar-refractivity contribution in [2.75, 3.05) is 7.05 Å². The van der Waals surface area contributed by atoms with Gasteiger partial charge in [0.15, 0.2) is 0 Å². The SMILES string of the molecule is CC(C#N)N(C)C(=O)c1ccc(F)c(C(F)(F)F)c1. The van der Waals surface area contributed by atoms with Crippen LogP contribution in [-0.2, 0) is 6.18 Å². The second kappa shape index (κ2) is 5.26. The molecule has 0 bridgehead atoms. The summed E-state index contributed by atoms with van der Waals surface area (Å²) in [6.07, 6.45) is -4.88. The summed E-state index contributed by atoms with van der Waals surface area (Å²) in [5.41, 5.74) is -1.82. The lowest BCUT2D eigenvalue weighted by Gasteiger charge is -2.20. The topological polar surface area (TPSA) is 44.1 Å². The highest BCUT2D eigenvalue weighted by Crippen LogP contribution is 2.32. The fraction of sp³-hybridized carbons (Fsp3) is 0.333. The second-order valence-corrected chi connectivity index (χ2v) is 3.91. The van der Waals surface area contributed by atoms with Gasteiger partial charge < -0.3 is 4.90 Å². The maximum absolute atomic E-state index is 13.1. The second-order valence-electron chi connectivity index (χ2n) is 3.91. The van der Waals surface area contributed by atoms with Gasteiger partial charge in [0, 0.05) is 12.6 Å². The molecule has 0 N–H and O–H groups in total. The molecule has 0 spiro atoms. The molecule has 0 aliphatic heterocycles. The van der Waals surface area contributed by atoms with Gasteiger partial charge in [0.2, 0.25) is 0 Å². The summed E-state index contributed by atoms with van der Waals surface area (Å²) in [6, 6.07) is 2.96. The highest BCUT2D eigenvalue weighted by atomic mass is 19.4. The summed E-state index contributed by atoms with van der Waals surface area (Å²) >= 11 is 0. The first-order valence-electron chi connectivity index (χ1n) is 5.22. The number of halogens is 4. The largest absolute Gasteiger partial charge is 0.419 e. The van der Waals surface area contributed by atoms with Crippen molar-refractivity contribution in [3.8, 4) is 6.07 Å². The monoisotopic (exact) mass is 274 g/mol. The van der Waals surface area contributed by atoms with Crippen LogP contribution in [-0.4, -0.2) is 23.9 Å². The van der Waals surface area contributed by atoms with E-state index in [2.05, 4.69) is 0 Å². The van der Waals surface area contributed by atoms with Crippen LogP contribution in [0.5, 0.6) is 0 Å². The molecule has 0 radical (unpaired) electrons. The van der Waals surface area contributed by atoms with E-state index >= 15 is 0 Å². The van der Waals surface area contributed by atoms with Crippen LogP contribution in [0.1, 0.15) is 22.8 Å². The van der Waals surface area contributed by atoms with Gasteiger partial charge >= 0.3 is 6.18 Å². The molecule has 1 aromatic carbocycles. The van der Waals surface area contributed by atoms with Crippen molar-refractivity contribution in [1.29, 1.82) is 5.26 Å². The Labute approximate surface area is 107 Å². The number of amides is 1. The van der Waals surface area contributed by atoms with E-state index in [1.807, 2.05) is 0 Å². The summed E-state index contributed by atoms with van der Waals surface area (Å²) in [4.78, 5) is 12.8. The van der Waals surface area contributed by atoms with Crippen molar-refractivity contribution in [3.63, 3.8) is 0 Å². The summed E-state index contributed by atoms with van der Waals surface area (Å²) in [5.74, 6) is -2.22. The number of benzene rings is 1. The first-order valence-corrected chi connectivity index (χ1v) is 5.22. The number of hydrogen-bond acceptors (Lipinski definition) is 2. The van der Waals surface area contributed by atoms with Crippen LogP contribution >= 0.6 is 0 Å². The number of nitrogens with zero attached hydrogens (tertiary/aromatic N) is 2. The highest BCUT2D eigenvalue weighted by Gasteiger charge is 2.35. The Kier molecular flexibility index (Phi) is 4.14. The fourth-order valence-electron chi connectivity index (χ4n) is 1.34. The molecule has 0 aliphatic carbocycles. The third-order valence-electron chi connectivity index (χ3n) is 2.61. The third kappa shape index (κ3) is 3.22. The van der Waals surface area contributed by atoms with Crippen LogP contribution < -0.4 is 0 Å². The van der Waals surface area contributed by atoms with E-state index in [9.17, 15) is 22.4 Å². The van der Waals surface area contributed by atoms with Gasteiger partial charge in [-0.1, -0.05) is 0 Å². The highest BCUT2D eigenvalue weighted by molar-refractivity contribution is 5.94. The van der Waals surface area contributed by atoms with E-state index in [4.69, 9.17) is 5.26 Å². The molecule has 3 nitrogen and oxygen atoms in total. The Hall–Kier alpha value is -2.10. The number of alkyl halides is 3. The van der Waals surface area contributed by atoms with Crippen molar-refractivity contribution in [2.45, 2.75) is 19.1 Å². The lowest BCUT2D eigenvalue weighted by Crippen LogP contribution is -2.34. The van der Waals surface area contributed by atoms with Gasteiger partial charge in [-0.2, -0.15) is 18.4 Å². The Bertz CT molecular complexity index is 534. The zero-order chi connectivity index (χ0) is 14.8. The van der Waals surface area contributed by atoms with Gasteiger partial charge in [0.1, 0.15) is 11.9 Å². The summed E-state index contributed by atoms with van der Waals surface area (Å²) < 4.78 is 50.6. The van der Waals surface area contributed by atoms with Crippen LogP contribution in [0, 0.1) is 17.1 Å². The minimum Gasteiger partial charge on any atom is -0.326 e. The molecule has 0 saturated carbocycles. The quantitative estimate of drug-likeness (QED) is 0.778. The Morgan fingerprint density at radius 2 is 2.00 bits per heavy atom. The van der Waals surface area contributed by atoms with Crippen LogP contribution in [0.3, 0.4) is 0 Å². The lowest BCUT2D eigenvalue weighted by atomic mass is 10.1. The molecule has 0 saturated heterocycles. The standard InChI is InChI=1S/C12H10F4N2O/c1-7(6-17)18(2)11(19)8-3-4-10(13)9(5-8)12(14,15)16/h3-5,7H,1-2H3. The van der Waals surface area contributed by atoms with Gasteiger partial charge in [-0.05, 0) is 25.1 Å². The van der Waals surface area contributed by atoms with Crippen molar-refractivity contribution < 1.29 is 22.4 Å². The Morgan fingerprint density at radius 3 is 2.47 bits per heavy atom. The van der Waals surface area contributed by atoms with Crippen LogP contribution in [0.15, 0.2) is 18.2 Å². The molecular formula is C12H10F4N2O. The van der Waals surface area contributed by atoms with Gasteiger partial charge in [-0.15, -0.1) is 0 Å². The number of hydrogen-bond donors (Lipinski definition) is 0. The number of carbonyl (C=O) groups is 1. The molecular weight excluding hydrogens is 264 g/mol. The number of carbonyl (C=O) groups excluding carboxylic acids is 1. The number of nitriles is 1. The van der Waals surface area contributed by atoms with E-state index < -0.39 is 29.5 Å². The summed E-state index contributed by atoms with van der Waals surface area (Å²) in [7, 11) is 1.28. The summed E-state index contributed by atoms with van der Waals surface area (Å²) in [5, 5.41) is 8.65. The van der Waals surface area contributed by atoms with Crippen molar-refractivity contribution in [2.24, 2.45) is 0 Å². The van der Waals surface area contributed by atoms with Gasteiger partial charge in [-0.3, -0.25) is 4.79 Å². The Morgan fingerprint density at radius 1 is 1.42 bits per heavy atom. The normalized spacial score (nSPS) is 12.7. The molecule has 1 aromatic rings. The van der Waals surface area contributed by atoms with Gasteiger partial charge in [0.05, 0.1) is 11.6 Å². The van der Waals surface area contributed by atoms with Crippen molar-refractivity contribution in [1.82, 2.24) is 4.90 Å². The van der Waals surface area contributed by atoms with Crippen molar-refractivity contribution >= 4 is 5.91 Å². The Balaban J connectivity index is 3.17. The minimum absolute atomic E-state index is 0.321. The molecule has 0 aromatic heterocycles. The zero-order valence-electron chi connectivity index (χ0n) is 10.1. The van der Waals surface area contributed by atoms with E-state index in [0.717, 1.165) is 11.0 Å². The van der Waals surface area contributed by atoms with Crippen molar-refractivity contribution in [3.05, 3.63) is 35.1 Å². The first-order chi connectivity index (χ1) is 8.68. The van der Waals surface area contributed by atoms with Crippen LogP contribution in [0.4, 0.5) is 17.6 Å². The molecule has 0 heterocycles. The van der Waals surface area contributed by atoms with E-state index in [0.29, 0.717) is 12.1 Å². The fourth-order valence-corrected chi connectivity index (χ4v) is 1.34. The van der Waals surface area contributed by atoms with E-state index in [1.54, 1.807) is 6.07 Å². The lowest BCUT2D eigenvalue weighted by molar-refractivity contribution is -0.140. The van der Waals surface area contributed by atoms with Crippen LogP contribution in [0.25, 0.3) is 0 Å². The van der Waals surface area contributed by atoms with Gasteiger partial charge in [0.25, 0.3) is 5.91 Å². The molecule has 102 valence electrons. The maximum Gasteiger partial charge on any atom is 0.419 e. The van der Waals surface area contributed by atoms with E-state index in [-0.39, 0.29) is 5.56 Å².